The smallest absolute Gasteiger partial charge is 0.871 e. The monoisotopic (exact) mass is 671 g/mol. The summed E-state index contributed by atoms with van der Waals surface area (Å²) >= 11 is 0. The van der Waals surface area contributed by atoms with Crippen LogP contribution in [-0.4, -0.2) is 38.3 Å². The molecule has 2 N–H and O–H groups in total. The Labute approximate surface area is 271 Å². The molecule has 1 heterocycles. The normalized spacial score (nSPS) is 11.5. The molecule has 0 atom stereocenters. The molecule has 1 aromatic heterocycles. The van der Waals surface area contributed by atoms with Crippen LogP contribution < -0.4 is 49.2 Å². The zero-order chi connectivity index (χ0) is 28.4. The molecule has 4 rings (SSSR count). The first kappa shape index (κ1) is 34.6. The first-order valence-electron chi connectivity index (χ1n) is 10.8. The summed E-state index contributed by atoms with van der Waals surface area (Å²) in [6, 6.07) is 15.2. The first-order valence-corrected chi connectivity index (χ1v) is 15.1. The van der Waals surface area contributed by atoms with Crippen molar-refractivity contribution in [1.29, 1.82) is 0 Å². The van der Waals surface area contributed by atoms with E-state index in [1.165, 1.54) is 56.5 Å². The van der Waals surface area contributed by atoms with Crippen LogP contribution in [0.1, 0.15) is 5.69 Å². The summed E-state index contributed by atoms with van der Waals surface area (Å²) in [5.74, 6) is -1.10. The van der Waals surface area contributed by atoms with E-state index >= 15 is 0 Å². The maximum atomic E-state index is 12.9. The van der Waals surface area contributed by atoms with E-state index in [1.807, 2.05) is 0 Å². The van der Waals surface area contributed by atoms with Crippen molar-refractivity contribution in [3.8, 4) is 23.1 Å². The number of anilines is 1. The van der Waals surface area contributed by atoms with Crippen molar-refractivity contribution in [3.63, 3.8) is 0 Å². The number of ether oxygens (including phenoxy) is 1. The van der Waals surface area contributed by atoms with Gasteiger partial charge in [0.25, 0.3) is 10.0 Å². The van der Waals surface area contributed by atoms with E-state index in [0.29, 0.717) is 11.4 Å². The molecule has 0 aliphatic rings. The van der Waals surface area contributed by atoms with Gasteiger partial charge < -0.3 is 14.9 Å². The quantitative estimate of drug-likeness (QED) is 0.109. The van der Waals surface area contributed by atoms with Gasteiger partial charge in [-0.15, -0.1) is 5.11 Å². The fourth-order valence-corrected chi connectivity index (χ4v) is 5.97. The summed E-state index contributed by atoms with van der Waals surface area (Å²) in [6.07, 6.45) is 0. The molecule has 18 heteroatoms. The molecule has 0 aliphatic heterocycles. The fourth-order valence-electron chi connectivity index (χ4n) is 3.33. The molecule has 0 bridgehead atoms. The number of para-hydroxylation sites is 2. The van der Waals surface area contributed by atoms with Gasteiger partial charge in [0.1, 0.15) is 11.4 Å². The predicted molar refractivity (Wildman–Crippen MR) is 139 cm³/mol. The Balaban J connectivity index is 0.00000294. The van der Waals surface area contributed by atoms with Crippen LogP contribution in [0.5, 0.6) is 17.4 Å². The largest absolute Gasteiger partial charge is 2.00 e. The molecule has 0 unspecified atom stereocenters. The number of hydrogen-bond acceptors (Lipinski definition) is 11. The van der Waals surface area contributed by atoms with E-state index in [-0.39, 0.29) is 89.7 Å². The van der Waals surface area contributed by atoms with Crippen LogP contribution in [0.15, 0.2) is 86.7 Å². The number of aromatic nitrogens is 2. The summed E-state index contributed by atoms with van der Waals surface area (Å²) in [4.78, 5) is -0.0782. The number of methoxy groups -OCH3 is 1. The zero-order valence-electron chi connectivity index (χ0n) is 21.5. The second-order valence-electron chi connectivity index (χ2n) is 7.79. The van der Waals surface area contributed by atoms with Gasteiger partial charge in [0.2, 0.25) is 0 Å². The number of aryl methyl sites for hydroxylation is 1. The van der Waals surface area contributed by atoms with Gasteiger partial charge in [-0.25, -0.2) is 13.1 Å². The van der Waals surface area contributed by atoms with Gasteiger partial charge in [0.05, 0.1) is 34.8 Å². The molecule has 211 valence electrons. The van der Waals surface area contributed by atoms with Crippen molar-refractivity contribution in [2.75, 3.05) is 11.8 Å². The molecule has 3 aromatic carbocycles. The Morgan fingerprint density at radius 2 is 1.66 bits per heavy atom. The van der Waals surface area contributed by atoms with Gasteiger partial charge in [0, 0.05) is 21.6 Å². The van der Waals surface area contributed by atoms with Crippen molar-refractivity contribution >= 4 is 47.0 Å². The number of rotatable bonds is 9. The molecule has 41 heavy (non-hydrogen) atoms. The molecule has 4 aromatic rings. The zero-order valence-corrected chi connectivity index (χ0v) is 27.0. The molecular formula is C23H19CoN5NaO8S3+. The minimum Gasteiger partial charge on any atom is -0.871 e. The number of azo groups is 1. The summed E-state index contributed by atoms with van der Waals surface area (Å²) in [5, 5.41) is 37.2. The Morgan fingerprint density at radius 3 is 2.27 bits per heavy atom. The molecule has 0 fully saturated rings. The van der Waals surface area contributed by atoms with Crippen molar-refractivity contribution in [3.05, 3.63) is 72.4 Å². The summed E-state index contributed by atoms with van der Waals surface area (Å²) < 4.78 is 65.0. The second-order valence-corrected chi connectivity index (χ2v) is 12.7. The van der Waals surface area contributed by atoms with E-state index in [1.54, 1.807) is 18.2 Å². The third-order valence-electron chi connectivity index (χ3n) is 5.12. The Morgan fingerprint density at radius 1 is 1.00 bits per heavy atom. The minimum absolute atomic E-state index is 0. The number of nitrogens with one attached hydrogen (secondary N) is 1. The van der Waals surface area contributed by atoms with Crippen molar-refractivity contribution in [1.82, 2.24) is 9.78 Å². The molecule has 0 amide bonds. The van der Waals surface area contributed by atoms with Gasteiger partial charge in [-0.3, -0.25) is 9.27 Å². The Kier molecular flexibility index (Phi) is 11.8. The van der Waals surface area contributed by atoms with Crippen LogP contribution in [0.3, 0.4) is 0 Å². The number of sulfonamides is 1. The maximum Gasteiger partial charge on any atom is 2.00 e. The van der Waals surface area contributed by atoms with Gasteiger partial charge in [-0.2, -0.15) is 18.6 Å². The van der Waals surface area contributed by atoms with E-state index in [4.69, 9.17) is 9.29 Å². The number of hydrogen-bond donors (Lipinski definition) is 2. The molecule has 0 saturated carbocycles. The van der Waals surface area contributed by atoms with Crippen molar-refractivity contribution < 1.29 is 82.7 Å². The third kappa shape index (κ3) is 8.46. The molecular weight excluding hydrogens is 652 g/mol. The van der Waals surface area contributed by atoms with Gasteiger partial charge in [0.15, 0.2) is 0 Å². The number of benzene rings is 3. The van der Waals surface area contributed by atoms with Crippen LogP contribution in [0.2, 0.25) is 0 Å². The third-order valence-corrected chi connectivity index (χ3v) is 8.37. The maximum absolute atomic E-state index is 12.9. The summed E-state index contributed by atoms with van der Waals surface area (Å²) in [7, 11) is -6.78. The van der Waals surface area contributed by atoms with Crippen LogP contribution in [0, 0.1) is 6.92 Å². The molecule has 0 aliphatic carbocycles. The molecule has 13 nitrogen and oxygen atoms in total. The Bertz CT molecular complexity index is 1780. The van der Waals surface area contributed by atoms with E-state index in [9.17, 15) is 27.0 Å². The van der Waals surface area contributed by atoms with Crippen LogP contribution in [-0.2, 0) is 36.0 Å². The molecule has 0 saturated heterocycles. The van der Waals surface area contributed by atoms with E-state index in [2.05, 4.69) is 20.0 Å². The second kappa shape index (κ2) is 14.0. The van der Waals surface area contributed by atoms with Gasteiger partial charge in [-0.1, -0.05) is 17.9 Å². The summed E-state index contributed by atoms with van der Waals surface area (Å²) in [5.41, 5.74) is 0.335. The summed E-state index contributed by atoms with van der Waals surface area (Å²) in [6.45, 7) is 1.51. The topological polar surface area (TPSA) is 198 Å². The van der Waals surface area contributed by atoms with Gasteiger partial charge >= 0.3 is 55.5 Å². The number of nitrogens with zero attached hydrogens (tertiary/aromatic N) is 4. The van der Waals surface area contributed by atoms with Gasteiger partial charge in [-0.05, 0) is 61.5 Å². The Hall–Kier alpha value is -2.61. The van der Waals surface area contributed by atoms with Crippen LogP contribution >= 0.6 is 10.8 Å². The van der Waals surface area contributed by atoms with Crippen molar-refractivity contribution in [2.24, 2.45) is 10.2 Å². The predicted octanol–water partition coefficient (Wildman–Crippen LogP) is 0.449. The first-order chi connectivity index (χ1) is 18.4. The van der Waals surface area contributed by atoms with Crippen molar-refractivity contribution in [2.45, 2.75) is 16.7 Å². The standard InChI is InChI=1S/C23H21N5O8S3.Co.Na/c1-14-22(23(30)28(26-14)15-7-9-16(10-8-15)37-39(33,34)35)25-24-18-12-11-17(13-20(18)29)38(31,32)27-19-5-3-4-6-21(19)36-2;;/h3-13,27,29-30H,1-2H3,(H,33,34,35);;/q;+2;+1/p-2. The van der Waals surface area contributed by atoms with E-state index in [0.717, 1.165) is 10.7 Å². The average molecular weight is 672 g/mol. The van der Waals surface area contributed by atoms with Crippen LogP contribution in [0.4, 0.5) is 17.1 Å². The average Bonchev–Trinajstić information content (AvgIpc) is 3.15. The van der Waals surface area contributed by atoms with Crippen LogP contribution in [0.25, 0.3) is 5.69 Å². The fraction of sp³-hybridized carbons (Fsp3) is 0.0870. The molecule has 0 spiro atoms. The minimum atomic E-state index is -4.29. The molecule has 1 radical (unpaired) electrons. The SMILES string of the molecule is COc1ccccc1NS(=O)(=O)c1ccc(N=Nc2c(C)nn(-c3ccc(SS(=O)(=O)O)cc3)c2[O-])c([O-])c1.[Co+2].[Na+]. The van der Waals surface area contributed by atoms with E-state index < -0.39 is 30.8 Å².